The van der Waals surface area contributed by atoms with Crippen molar-refractivity contribution >= 4 is 33.6 Å². The molecule has 1 aliphatic heterocycles. The molecule has 0 saturated carbocycles. The van der Waals surface area contributed by atoms with Crippen LogP contribution in [0, 0.1) is 0 Å². The summed E-state index contributed by atoms with van der Waals surface area (Å²) in [6, 6.07) is 1.75. The first kappa shape index (κ1) is 15.8. The average molecular weight is 355 g/mol. The van der Waals surface area contributed by atoms with E-state index in [-0.39, 0.29) is 18.4 Å². The summed E-state index contributed by atoms with van der Waals surface area (Å²) in [5.41, 5.74) is 0.496. The maximum absolute atomic E-state index is 12.6. The van der Waals surface area contributed by atoms with Gasteiger partial charge >= 0.3 is 0 Å². The fourth-order valence-electron chi connectivity index (χ4n) is 2.09. The lowest BCUT2D eigenvalue weighted by atomic mass is 10.2. The van der Waals surface area contributed by atoms with Crippen LogP contribution in [0.3, 0.4) is 0 Å². The molecule has 114 valence electrons. The molecule has 0 radical (unpaired) electrons. The second kappa shape index (κ2) is 6.89. The highest BCUT2D eigenvalue weighted by Gasteiger charge is 2.27. The van der Waals surface area contributed by atoms with Crippen LogP contribution in [-0.4, -0.2) is 59.8 Å². The number of piperazine rings is 1. The predicted molar refractivity (Wildman–Crippen MR) is 84.3 cm³/mol. The number of amides is 2. The number of anilines is 1. The SMILES string of the molecule is CCCNc1ncc(Br)cc1C(=O)N1CCN(C)C(=O)C1. The summed E-state index contributed by atoms with van der Waals surface area (Å²) in [5.74, 6) is 0.362. The molecule has 1 N–H and O–H groups in total. The molecule has 6 nitrogen and oxygen atoms in total. The standard InChI is InChI=1S/C14H19BrN4O2/c1-3-4-16-13-11(7-10(15)8-17-13)14(21)19-6-5-18(2)12(20)9-19/h7-8H,3-6,9H2,1-2H3,(H,16,17). The summed E-state index contributed by atoms with van der Waals surface area (Å²) in [5, 5.41) is 3.16. The summed E-state index contributed by atoms with van der Waals surface area (Å²) in [6.07, 6.45) is 2.60. The van der Waals surface area contributed by atoms with Gasteiger partial charge in [0.2, 0.25) is 5.91 Å². The van der Waals surface area contributed by atoms with E-state index in [2.05, 4.69) is 26.2 Å². The minimum Gasteiger partial charge on any atom is -0.369 e. The first-order chi connectivity index (χ1) is 10.0. The van der Waals surface area contributed by atoms with Crippen molar-refractivity contribution in [2.45, 2.75) is 13.3 Å². The largest absolute Gasteiger partial charge is 0.369 e. The highest BCUT2D eigenvalue weighted by atomic mass is 79.9. The van der Waals surface area contributed by atoms with Crippen molar-refractivity contribution < 1.29 is 9.59 Å². The zero-order chi connectivity index (χ0) is 15.4. The summed E-state index contributed by atoms with van der Waals surface area (Å²) in [6.45, 7) is 4.02. The van der Waals surface area contributed by atoms with Gasteiger partial charge in [-0.3, -0.25) is 9.59 Å². The average Bonchev–Trinajstić information content (AvgIpc) is 2.48. The molecule has 21 heavy (non-hydrogen) atoms. The van der Waals surface area contributed by atoms with Gasteiger partial charge in [0.1, 0.15) is 12.4 Å². The lowest BCUT2D eigenvalue weighted by Gasteiger charge is -2.32. The number of rotatable bonds is 4. The van der Waals surface area contributed by atoms with Crippen molar-refractivity contribution in [3.8, 4) is 0 Å². The Bertz CT molecular complexity index is 550. The van der Waals surface area contributed by atoms with E-state index in [1.165, 1.54) is 0 Å². The van der Waals surface area contributed by atoms with Crippen LogP contribution in [0.2, 0.25) is 0 Å². The molecule has 0 aromatic carbocycles. The van der Waals surface area contributed by atoms with Gasteiger partial charge in [0.25, 0.3) is 5.91 Å². The normalized spacial score (nSPS) is 15.3. The quantitative estimate of drug-likeness (QED) is 0.891. The topological polar surface area (TPSA) is 65.5 Å². The molecule has 2 heterocycles. The van der Waals surface area contributed by atoms with E-state index in [0.29, 0.717) is 24.5 Å². The summed E-state index contributed by atoms with van der Waals surface area (Å²) in [4.78, 5) is 31.9. The number of hydrogen-bond acceptors (Lipinski definition) is 4. The zero-order valence-electron chi connectivity index (χ0n) is 12.2. The van der Waals surface area contributed by atoms with E-state index in [9.17, 15) is 9.59 Å². The van der Waals surface area contributed by atoms with Crippen LogP contribution >= 0.6 is 15.9 Å². The third-order valence-corrected chi connectivity index (χ3v) is 3.81. The Balaban J connectivity index is 2.21. The third kappa shape index (κ3) is 3.72. The smallest absolute Gasteiger partial charge is 0.258 e. The fourth-order valence-corrected chi connectivity index (χ4v) is 2.42. The highest BCUT2D eigenvalue weighted by molar-refractivity contribution is 9.10. The molecular formula is C14H19BrN4O2. The number of halogens is 1. The molecule has 0 spiro atoms. The Hall–Kier alpha value is -1.63. The molecule has 1 saturated heterocycles. The number of nitrogens with zero attached hydrogens (tertiary/aromatic N) is 3. The van der Waals surface area contributed by atoms with Gasteiger partial charge in [0.15, 0.2) is 0 Å². The van der Waals surface area contributed by atoms with Crippen molar-refractivity contribution in [1.29, 1.82) is 0 Å². The fraction of sp³-hybridized carbons (Fsp3) is 0.500. The first-order valence-electron chi connectivity index (χ1n) is 6.95. The van der Waals surface area contributed by atoms with Gasteiger partial charge in [0.05, 0.1) is 5.56 Å². The van der Waals surface area contributed by atoms with E-state index in [1.807, 2.05) is 6.92 Å². The second-order valence-corrected chi connectivity index (χ2v) is 5.93. The van der Waals surface area contributed by atoms with E-state index < -0.39 is 0 Å². The van der Waals surface area contributed by atoms with Crippen LogP contribution in [-0.2, 0) is 4.79 Å². The number of carbonyl (C=O) groups is 2. The highest BCUT2D eigenvalue weighted by Crippen LogP contribution is 2.20. The molecule has 0 atom stereocenters. The molecule has 7 heteroatoms. The van der Waals surface area contributed by atoms with Gasteiger partial charge in [-0.15, -0.1) is 0 Å². The van der Waals surface area contributed by atoms with Crippen LogP contribution in [0.15, 0.2) is 16.7 Å². The molecule has 0 bridgehead atoms. The Morgan fingerprint density at radius 1 is 1.48 bits per heavy atom. The van der Waals surface area contributed by atoms with Crippen LogP contribution in [0.5, 0.6) is 0 Å². The number of aromatic nitrogens is 1. The molecule has 0 unspecified atom stereocenters. The van der Waals surface area contributed by atoms with Gasteiger partial charge in [-0.25, -0.2) is 4.98 Å². The van der Waals surface area contributed by atoms with Gasteiger partial charge in [0, 0.05) is 37.4 Å². The van der Waals surface area contributed by atoms with E-state index in [0.717, 1.165) is 17.4 Å². The zero-order valence-corrected chi connectivity index (χ0v) is 13.8. The molecule has 1 aromatic heterocycles. The molecule has 1 fully saturated rings. The lowest BCUT2D eigenvalue weighted by Crippen LogP contribution is -2.50. The lowest BCUT2D eigenvalue weighted by molar-refractivity contribution is -0.133. The Kier molecular flexibility index (Phi) is 5.17. The molecule has 1 aliphatic rings. The van der Waals surface area contributed by atoms with Crippen LogP contribution in [0.25, 0.3) is 0 Å². The van der Waals surface area contributed by atoms with Gasteiger partial charge in [-0.05, 0) is 28.4 Å². The van der Waals surface area contributed by atoms with E-state index >= 15 is 0 Å². The number of pyridine rings is 1. The van der Waals surface area contributed by atoms with Crippen LogP contribution < -0.4 is 5.32 Å². The van der Waals surface area contributed by atoms with Crippen molar-refractivity contribution in [3.63, 3.8) is 0 Å². The van der Waals surface area contributed by atoms with Gasteiger partial charge < -0.3 is 15.1 Å². The number of likely N-dealkylation sites (N-methyl/N-ethyl adjacent to an activating group) is 1. The molecule has 1 aromatic rings. The Morgan fingerprint density at radius 3 is 2.90 bits per heavy atom. The summed E-state index contributed by atoms with van der Waals surface area (Å²) < 4.78 is 0.744. The number of carbonyl (C=O) groups excluding carboxylic acids is 2. The molecule has 0 aliphatic carbocycles. The maximum atomic E-state index is 12.6. The van der Waals surface area contributed by atoms with Gasteiger partial charge in [-0.2, -0.15) is 0 Å². The van der Waals surface area contributed by atoms with Crippen molar-refractivity contribution in [2.24, 2.45) is 0 Å². The minimum atomic E-state index is -0.163. The van der Waals surface area contributed by atoms with Crippen molar-refractivity contribution in [2.75, 3.05) is 38.5 Å². The molecular weight excluding hydrogens is 336 g/mol. The van der Waals surface area contributed by atoms with Gasteiger partial charge in [-0.1, -0.05) is 6.92 Å². The van der Waals surface area contributed by atoms with Crippen LogP contribution in [0.4, 0.5) is 5.82 Å². The number of hydrogen-bond donors (Lipinski definition) is 1. The van der Waals surface area contributed by atoms with E-state index in [4.69, 9.17) is 0 Å². The van der Waals surface area contributed by atoms with Crippen LogP contribution in [0.1, 0.15) is 23.7 Å². The molecule has 2 amide bonds. The number of nitrogens with one attached hydrogen (secondary N) is 1. The van der Waals surface area contributed by atoms with E-state index in [1.54, 1.807) is 29.1 Å². The summed E-state index contributed by atoms with van der Waals surface area (Å²) in [7, 11) is 1.75. The second-order valence-electron chi connectivity index (χ2n) is 5.02. The summed E-state index contributed by atoms with van der Waals surface area (Å²) >= 11 is 3.34. The Labute approximate surface area is 132 Å². The maximum Gasteiger partial charge on any atom is 0.258 e. The molecule has 2 rings (SSSR count). The van der Waals surface area contributed by atoms with Crippen molar-refractivity contribution in [1.82, 2.24) is 14.8 Å². The Morgan fingerprint density at radius 2 is 2.24 bits per heavy atom. The van der Waals surface area contributed by atoms with Crippen molar-refractivity contribution in [3.05, 3.63) is 22.3 Å². The first-order valence-corrected chi connectivity index (χ1v) is 7.75. The minimum absolute atomic E-state index is 0.0411. The monoisotopic (exact) mass is 354 g/mol. The predicted octanol–water partition coefficient (Wildman–Crippen LogP) is 1.58. The third-order valence-electron chi connectivity index (χ3n) is 3.37.